The first-order valence-corrected chi connectivity index (χ1v) is 6.42. The number of amides is 1. The number of nitrogens with two attached hydrogens (primary N) is 2. The number of aryl methyl sites for hydroxylation is 1. The summed E-state index contributed by atoms with van der Waals surface area (Å²) in [6.07, 6.45) is 0.540. The fourth-order valence-electron chi connectivity index (χ4n) is 1.82. The van der Waals surface area contributed by atoms with Gasteiger partial charge in [-0.2, -0.15) is 4.99 Å². The molecule has 0 bridgehead atoms. The molecule has 4 N–H and O–H groups in total. The molecule has 1 aliphatic heterocycles. The second-order valence-electron chi connectivity index (χ2n) is 4.03. The zero-order valence-electron chi connectivity index (χ0n) is 9.90. The predicted molar refractivity (Wildman–Crippen MR) is 71.0 cm³/mol. The molecule has 0 spiro atoms. The number of hydrogen-bond donors (Lipinski definition) is 2. The van der Waals surface area contributed by atoms with Gasteiger partial charge in [0.25, 0.3) is 5.91 Å². The third kappa shape index (κ3) is 2.38. The molecule has 1 aliphatic rings. The summed E-state index contributed by atoms with van der Waals surface area (Å²) >= 11 is 1.57. The van der Waals surface area contributed by atoms with Gasteiger partial charge in [-0.25, -0.2) is 0 Å². The van der Waals surface area contributed by atoms with Gasteiger partial charge in [0.1, 0.15) is 0 Å². The number of carbonyl (C=O) groups is 2. The van der Waals surface area contributed by atoms with Gasteiger partial charge in [0.2, 0.25) is 0 Å². The van der Waals surface area contributed by atoms with E-state index in [1.807, 2.05) is 0 Å². The molecular formula is C12H13N3O2S. The minimum Gasteiger partial charge on any atom is -0.370 e. The third-order valence-corrected chi connectivity index (χ3v) is 3.73. The van der Waals surface area contributed by atoms with Gasteiger partial charge in [-0.1, -0.05) is 0 Å². The van der Waals surface area contributed by atoms with Crippen molar-refractivity contribution in [1.82, 2.24) is 0 Å². The molecule has 0 aliphatic carbocycles. The summed E-state index contributed by atoms with van der Waals surface area (Å²) in [7, 11) is 0. The van der Waals surface area contributed by atoms with Crippen LogP contribution in [0.4, 0.5) is 0 Å². The molecule has 6 heteroatoms. The topological polar surface area (TPSA) is 98.5 Å². The van der Waals surface area contributed by atoms with Crippen LogP contribution >= 0.6 is 11.8 Å². The van der Waals surface area contributed by atoms with E-state index in [1.165, 1.54) is 0 Å². The highest BCUT2D eigenvalue weighted by Gasteiger charge is 2.21. The Morgan fingerprint density at radius 2 is 2.11 bits per heavy atom. The Hall–Kier alpha value is -1.82. The summed E-state index contributed by atoms with van der Waals surface area (Å²) in [5.74, 6) is 0.118. The van der Waals surface area contributed by atoms with Crippen LogP contribution in [0.25, 0.3) is 0 Å². The standard InChI is InChI=1S/C12H13N3O2S/c1-6-4-8-9(16)2-3-18-10(8)5-7(6)11(17)15-12(13)14/h4-5H,2-3H2,1H3,(H4,13,14,15,17). The lowest BCUT2D eigenvalue weighted by Crippen LogP contribution is -2.24. The van der Waals surface area contributed by atoms with Crippen molar-refractivity contribution in [2.75, 3.05) is 5.75 Å². The lowest BCUT2D eigenvalue weighted by Gasteiger charge is -2.16. The predicted octanol–water partition coefficient (Wildman–Crippen LogP) is 1.09. The first-order valence-electron chi connectivity index (χ1n) is 5.43. The van der Waals surface area contributed by atoms with Crippen molar-refractivity contribution in [3.05, 3.63) is 28.8 Å². The molecule has 1 aromatic carbocycles. The smallest absolute Gasteiger partial charge is 0.280 e. The van der Waals surface area contributed by atoms with Gasteiger partial charge in [0, 0.05) is 28.2 Å². The van der Waals surface area contributed by atoms with Crippen LogP contribution in [0, 0.1) is 6.92 Å². The van der Waals surface area contributed by atoms with E-state index >= 15 is 0 Å². The molecule has 0 fully saturated rings. The number of Topliss-reactive ketones (excluding diaryl/α,β-unsaturated/α-hetero) is 1. The minimum atomic E-state index is -0.478. The highest BCUT2D eigenvalue weighted by atomic mass is 32.2. The molecule has 0 unspecified atom stereocenters. The van der Waals surface area contributed by atoms with Gasteiger partial charge in [-0.05, 0) is 24.6 Å². The summed E-state index contributed by atoms with van der Waals surface area (Å²) in [6.45, 7) is 1.77. The molecule has 1 aromatic rings. The number of guanidine groups is 1. The quantitative estimate of drug-likeness (QED) is 0.583. The molecular weight excluding hydrogens is 250 g/mol. The van der Waals surface area contributed by atoms with E-state index in [0.29, 0.717) is 23.1 Å². The Kier molecular flexibility index (Phi) is 3.38. The van der Waals surface area contributed by atoms with Crippen molar-refractivity contribution in [1.29, 1.82) is 0 Å². The molecule has 5 nitrogen and oxygen atoms in total. The third-order valence-electron chi connectivity index (χ3n) is 2.67. The first kappa shape index (κ1) is 12.6. The molecule has 94 valence electrons. The number of ketones is 1. The minimum absolute atomic E-state index is 0.118. The van der Waals surface area contributed by atoms with Crippen molar-refractivity contribution >= 4 is 29.4 Å². The number of carbonyl (C=O) groups excluding carboxylic acids is 2. The molecule has 0 atom stereocenters. The molecule has 1 amide bonds. The second kappa shape index (κ2) is 4.81. The number of nitrogens with zero attached hydrogens (tertiary/aromatic N) is 1. The van der Waals surface area contributed by atoms with Crippen LogP contribution in [0.5, 0.6) is 0 Å². The maximum absolute atomic E-state index is 11.8. The molecule has 18 heavy (non-hydrogen) atoms. The van der Waals surface area contributed by atoms with Crippen LogP contribution in [0.1, 0.15) is 32.7 Å². The largest absolute Gasteiger partial charge is 0.370 e. The van der Waals surface area contributed by atoms with E-state index < -0.39 is 5.91 Å². The van der Waals surface area contributed by atoms with Crippen LogP contribution in [-0.4, -0.2) is 23.4 Å². The molecule has 0 aromatic heterocycles. The summed E-state index contributed by atoms with van der Waals surface area (Å²) in [5.41, 5.74) is 12.2. The van der Waals surface area contributed by atoms with E-state index in [-0.39, 0.29) is 11.7 Å². The van der Waals surface area contributed by atoms with E-state index in [1.54, 1.807) is 30.8 Å². The van der Waals surface area contributed by atoms with Crippen LogP contribution < -0.4 is 11.5 Å². The fourth-order valence-corrected chi connectivity index (χ4v) is 2.86. The van der Waals surface area contributed by atoms with Crippen LogP contribution in [0.2, 0.25) is 0 Å². The molecule has 0 saturated carbocycles. The molecule has 1 heterocycles. The van der Waals surface area contributed by atoms with E-state index in [9.17, 15) is 9.59 Å². The van der Waals surface area contributed by atoms with Gasteiger partial charge < -0.3 is 11.5 Å². The van der Waals surface area contributed by atoms with Crippen LogP contribution in [-0.2, 0) is 0 Å². The molecule has 0 radical (unpaired) electrons. The Morgan fingerprint density at radius 3 is 2.78 bits per heavy atom. The van der Waals surface area contributed by atoms with Crippen molar-refractivity contribution in [3.63, 3.8) is 0 Å². The summed E-state index contributed by atoms with van der Waals surface area (Å²) in [5, 5.41) is 0. The monoisotopic (exact) mass is 263 g/mol. The van der Waals surface area contributed by atoms with Gasteiger partial charge in [0.15, 0.2) is 11.7 Å². The van der Waals surface area contributed by atoms with E-state index in [4.69, 9.17) is 11.5 Å². The highest BCUT2D eigenvalue weighted by molar-refractivity contribution is 7.99. The zero-order valence-corrected chi connectivity index (χ0v) is 10.7. The maximum atomic E-state index is 11.8. The van der Waals surface area contributed by atoms with Gasteiger partial charge in [-0.3, -0.25) is 9.59 Å². The van der Waals surface area contributed by atoms with Crippen LogP contribution in [0.15, 0.2) is 22.0 Å². The number of rotatable bonds is 1. The van der Waals surface area contributed by atoms with E-state index in [0.717, 1.165) is 10.6 Å². The first-order chi connectivity index (χ1) is 8.49. The average molecular weight is 263 g/mol. The van der Waals surface area contributed by atoms with E-state index in [2.05, 4.69) is 4.99 Å². The number of hydrogen-bond acceptors (Lipinski definition) is 3. The molecule has 0 saturated heterocycles. The Labute approximate surface area is 109 Å². The second-order valence-corrected chi connectivity index (χ2v) is 5.16. The lowest BCUT2D eigenvalue weighted by molar-refractivity contribution is 0.0977. The summed E-state index contributed by atoms with van der Waals surface area (Å²) in [4.78, 5) is 27.9. The number of fused-ring (bicyclic) bond motifs is 1. The lowest BCUT2D eigenvalue weighted by atomic mass is 10.0. The fraction of sp³-hybridized carbons (Fsp3) is 0.250. The normalized spacial score (nSPS) is 13.9. The van der Waals surface area contributed by atoms with Crippen molar-refractivity contribution in [2.45, 2.75) is 18.2 Å². The highest BCUT2D eigenvalue weighted by Crippen LogP contribution is 2.32. The molecule has 2 rings (SSSR count). The Balaban J connectivity index is 2.48. The van der Waals surface area contributed by atoms with Gasteiger partial charge >= 0.3 is 0 Å². The van der Waals surface area contributed by atoms with Crippen molar-refractivity contribution in [3.8, 4) is 0 Å². The summed E-state index contributed by atoms with van der Waals surface area (Å²) in [6, 6.07) is 3.43. The average Bonchev–Trinajstić information content (AvgIpc) is 2.28. The maximum Gasteiger partial charge on any atom is 0.280 e. The number of thioether (sulfide) groups is 1. The van der Waals surface area contributed by atoms with Gasteiger partial charge in [0.05, 0.1) is 0 Å². The SMILES string of the molecule is Cc1cc2c(cc1C(=O)N=C(N)N)SCCC2=O. The number of aliphatic imine (C=N–C) groups is 1. The Morgan fingerprint density at radius 1 is 1.39 bits per heavy atom. The number of benzene rings is 1. The Bertz CT molecular complexity index is 563. The summed E-state index contributed by atoms with van der Waals surface area (Å²) < 4.78 is 0. The zero-order chi connectivity index (χ0) is 13.3. The van der Waals surface area contributed by atoms with Crippen LogP contribution in [0.3, 0.4) is 0 Å². The van der Waals surface area contributed by atoms with Crippen molar-refractivity contribution < 1.29 is 9.59 Å². The van der Waals surface area contributed by atoms with Gasteiger partial charge in [-0.15, -0.1) is 11.8 Å². The van der Waals surface area contributed by atoms with Crippen molar-refractivity contribution in [2.24, 2.45) is 16.5 Å².